The number of para-hydroxylation sites is 2. The number of rotatable bonds is 5. The summed E-state index contributed by atoms with van der Waals surface area (Å²) in [5.74, 6) is 0.540. The van der Waals surface area contributed by atoms with Crippen LogP contribution in [0.1, 0.15) is 12.0 Å². The van der Waals surface area contributed by atoms with Gasteiger partial charge in [-0.05, 0) is 48.5 Å². The zero-order valence-corrected chi connectivity index (χ0v) is 16.1. The van der Waals surface area contributed by atoms with E-state index in [0.717, 1.165) is 5.75 Å². The number of carbonyl (C=O) groups is 2. The van der Waals surface area contributed by atoms with Gasteiger partial charge in [0.15, 0.2) is 0 Å². The van der Waals surface area contributed by atoms with Gasteiger partial charge in [-0.2, -0.15) is 5.26 Å². The van der Waals surface area contributed by atoms with Crippen molar-refractivity contribution < 1.29 is 14.3 Å². The molecule has 1 fully saturated rings. The normalized spacial score (nSPS) is 15.5. The molecule has 0 radical (unpaired) electrons. The molecule has 1 atom stereocenters. The van der Waals surface area contributed by atoms with E-state index in [4.69, 9.17) is 4.74 Å². The Kier molecular flexibility index (Phi) is 5.44. The van der Waals surface area contributed by atoms with Gasteiger partial charge in [0.05, 0.1) is 17.2 Å². The lowest BCUT2D eigenvalue weighted by Gasteiger charge is -2.17. The third-order valence-corrected chi connectivity index (χ3v) is 4.93. The average Bonchev–Trinajstić information content (AvgIpc) is 3.17. The number of nitrogens with zero attached hydrogens (tertiary/aromatic N) is 2. The molecule has 2 amide bonds. The molecule has 1 saturated heterocycles. The van der Waals surface area contributed by atoms with E-state index in [-0.39, 0.29) is 24.8 Å². The van der Waals surface area contributed by atoms with Gasteiger partial charge >= 0.3 is 0 Å². The molecule has 148 valence electrons. The first-order valence-corrected chi connectivity index (χ1v) is 9.57. The number of amides is 2. The van der Waals surface area contributed by atoms with Crippen molar-refractivity contribution in [3.63, 3.8) is 0 Å². The van der Waals surface area contributed by atoms with E-state index in [1.165, 1.54) is 0 Å². The summed E-state index contributed by atoms with van der Waals surface area (Å²) in [6.07, 6.45) is 0.128. The van der Waals surface area contributed by atoms with E-state index < -0.39 is 5.92 Å². The summed E-state index contributed by atoms with van der Waals surface area (Å²) in [5, 5.41) is 11.9. The molecule has 0 aromatic heterocycles. The summed E-state index contributed by atoms with van der Waals surface area (Å²) in [5.41, 5.74) is 1.56. The lowest BCUT2D eigenvalue weighted by atomic mass is 10.1. The number of nitrogens with one attached hydrogen (secondary N) is 1. The first-order valence-electron chi connectivity index (χ1n) is 9.57. The van der Waals surface area contributed by atoms with Crippen molar-refractivity contribution in [3.05, 3.63) is 84.4 Å². The second-order valence-electron chi connectivity index (χ2n) is 6.96. The fraction of sp³-hybridized carbons (Fsp3) is 0.125. The zero-order valence-electron chi connectivity index (χ0n) is 16.1. The standard InChI is InChI=1S/C24H19N3O3/c25-15-17-6-4-5-9-22(17)26-24(29)18-14-23(28)27(16-18)19-10-12-21(13-11-19)30-20-7-2-1-3-8-20/h1-13,18H,14,16H2,(H,26,29). The van der Waals surface area contributed by atoms with Crippen LogP contribution in [-0.4, -0.2) is 18.4 Å². The number of benzene rings is 3. The van der Waals surface area contributed by atoms with E-state index in [9.17, 15) is 14.9 Å². The molecule has 1 aliphatic rings. The van der Waals surface area contributed by atoms with Crippen molar-refractivity contribution >= 4 is 23.2 Å². The van der Waals surface area contributed by atoms with Crippen molar-refractivity contribution in [3.8, 4) is 17.6 Å². The molecule has 0 saturated carbocycles. The quantitative estimate of drug-likeness (QED) is 0.694. The summed E-state index contributed by atoms with van der Waals surface area (Å²) >= 11 is 0. The Morgan fingerprint density at radius 2 is 1.63 bits per heavy atom. The summed E-state index contributed by atoms with van der Waals surface area (Å²) in [7, 11) is 0. The molecule has 6 nitrogen and oxygen atoms in total. The first-order chi connectivity index (χ1) is 14.6. The average molecular weight is 397 g/mol. The third-order valence-electron chi connectivity index (χ3n) is 4.93. The van der Waals surface area contributed by atoms with Gasteiger partial charge in [0, 0.05) is 18.7 Å². The van der Waals surface area contributed by atoms with Crippen LogP contribution in [0.2, 0.25) is 0 Å². The number of ether oxygens (including phenoxy) is 1. The van der Waals surface area contributed by atoms with Crippen molar-refractivity contribution in [1.29, 1.82) is 5.26 Å². The van der Waals surface area contributed by atoms with Gasteiger partial charge in [-0.15, -0.1) is 0 Å². The van der Waals surface area contributed by atoms with Crippen molar-refractivity contribution in [2.24, 2.45) is 5.92 Å². The van der Waals surface area contributed by atoms with Crippen molar-refractivity contribution in [2.45, 2.75) is 6.42 Å². The lowest BCUT2D eigenvalue weighted by Crippen LogP contribution is -2.28. The van der Waals surface area contributed by atoms with Gasteiger partial charge < -0.3 is 15.0 Å². The highest BCUT2D eigenvalue weighted by Gasteiger charge is 2.35. The summed E-state index contributed by atoms with van der Waals surface area (Å²) in [4.78, 5) is 26.8. The maximum Gasteiger partial charge on any atom is 0.229 e. The maximum atomic E-state index is 12.6. The van der Waals surface area contributed by atoms with Crippen molar-refractivity contribution in [2.75, 3.05) is 16.8 Å². The monoisotopic (exact) mass is 397 g/mol. The molecule has 4 rings (SSSR count). The Bertz CT molecular complexity index is 1100. The zero-order chi connectivity index (χ0) is 20.9. The van der Waals surface area contributed by atoms with Crippen molar-refractivity contribution in [1.82, 2.24) is 0 Å². The van der Waals surface area contributed by atoms with Crippen LogP contribution in [0.25, 0.3) is 0 Å². The molecule has 1 aliphatic heterocycles. The Hall–Kier alpha value is -4.11. The summed E-state index contributed by atoms with van der Waals surface area (Å²) in [6, 6.07) is 25.5. The van der Waals surface area contributed by atoms with Crippen LogP contribution in [0, 0.1) is 17.2 Å². The summed E-state index contributed by atoms with van der Waals surface area (Å²) in [6.45, 7) is 0.290. The highest BCUT2D eigenvalue weighted by atomic mass is 16.5. The minimum atomic E-state index is -0.482. The Morgan fingerprint density at radius 1 is 0.967 bits per heavy atom. The molecule has 3 aromatic rings. The highest BCUT2D eigenvalue weighted by molar-refractivity contribution is 6.03. The Labute approximate surface area is 174 Å². The molecular formula is C24H19N3O3. The maximum absolute atomic E-state index is 12.6. The van der Waals surface area contributed by atoms with E-state index in [1.54, 1.807) is 53.4 Å². The van der Waals surface area contributed by atoms with Crippen LogP contribution < -0.4 is 15.0 Å². The minimum Gasteiger partial charge on any atom is -0.457 e. The second kappa shape index (κ2) is 8.50. The SMILES string of the molecule is N#Cc1ccccc1NC(=O)C1CC(=O)N(c2ccc(Oc3ccccc3)cc2)C1. The van der Waals surface area contributed by atoms with Gasteiger partial charge in [-0.25, -0.2) is 0 Å². The molecule has 1 unspecified atom stereocenters. The second-order valence-corrected chi connectivity index (χ2v) is 6.96. The summed E-state index contributed by atoms with van der Waals surface area (Å²) < 4.78 is 5.78. The molecule has 30 heavy (non-hydrogen) atoms. The van der Waals surface area contributed by atoms with Crippen LogP contribution in [0.5, 0.6) is 11.5 Å². The number of hydrogen-bond acceptors (Lipinski definition) is 4. The topological polar surface area (TPSA) is 82.4 Å². The fourth-order valence-electron chi connectivity index (χ4n) is 3.38. The van der Waals surface area contributed by atoms with E-state index in [0.29, 0.717) is 22.7 Å². The van der Waals surface area contributed by atoms with Crippen LogP contribution in [0.3, 0.4) is 0 Å². The van der Waals surface area contributed by atoms with Gasteiger partial charge in [0.25, 0.3) is 0 Å². The van der Waals surface area contributed by atoms with Crippen LogP contribution in [-0.2, 0) is 9.59 Å². The van der Waals surface area contributed by atoms with Gasteiger partial charge in [0.1, 0.15) is 17.6 Å². The predicted octanol–water partition coefficient (Wildman–Crippen LogP) is 4.34. The molecule has 0 bridgehead atoms. The molecule has 1 N–H and O–H groups in total. The fourth-order valence-corrected chi connectivity index (χ4v) is 3.38. The third kappa shape index (κ3) is 4.15. The van der Waals surface area contributed by atoms with E-state index in [1.807, 2.05) is 30.3 Å². The smallest absolute Gasteiger partial charge is 0.229 e. The molecule has 0 spiro atoms. The van der Waals surface area contributed by atoms with Gasteiger partial charge in [0.2, 0.25) is 11.8 Å². The van der Waals surface area contributed by atoms with Gasteiger partial charge in [-0.3, -0.25) is 9.59 Å². The van der Waals surface area contributed by atoms with Crippen LogP contribution in [0.15, 0.2) is 78.9 Å². The number of anilines is 2. The number of hydrogen-bond donors (Lipinski definition) is 1. The molecule has 0 aliphatic carbocycles. The number of nitriles is 1. The molecule has 3 aromatic carbocycles. The van der Waals surface area contributed by atoms with E-state index in [2.05, 4.69) is 11.4 Å². The van der Waals surface area contributed by atoms with Crippen LogP contribution in [0.4, 0.5) is 11.4 Å². The minimum absolute atomic E-state index is 0.111. The molecule has 6 heteroatoms. The van der Waals surface area contributed by atoms with Crippen LogP contribution >= 0.6 is 0 Å². The largest absolute Gasteiger partial charge is 0.457 e. The Balaban J connectivity index is 1.42. The predicted molar refractivity (Wildman–Crippen MR) is 113 cm³/mol. The molecular weight excluding hydrogens is 378 g/mol. The number of carbonyl (C=O) groups excluding carboxylic acids is 2. The lowest BCUT2D eigenvalue weighted by molar-refractivity contribution is -0.122. The first kappa shape index (κ1) is 19.2. The molecule has 1 heterocycles. The Morgan fingerprint density at radius 3 is 2.37 bits per heavy atom. The van der Waals surface area contributed by atoms with E-state index >= 15 is 0 Å². The highest BCUT2D eigenvalue weighted by Crippen LogP contribution is 2.29. The van der Waals surface area contributed by atoms with Gasteiger partial charge in [-0.1, -0.05) is 30.3 Å².